The Morgan fingerprint density at radius 1 is 1.41 bits per heavy atom. The molecule has 1 atom stereocenters. The highest BCUT2D eigenvalue weighted by atomic mass is 32.1. The molecular formula is C16H19FN2O2S. The fraction of sp³-hybridized carbons (Fsp3) is 0.375. The molecule has 0 spiro atoms. The van der Waals surface area contributed by atoms with Crippen molar-refractivity contribution in [2.75, 3.05) is 6.61 Å². The highest BCUT2D eigenvalue weighted by Gasteiger charge is 2.12. The van der Waals surface area contributed by atoms with Crippen LogP contribution in [0.2, 0.25) is 0 Å². The van der Waals surface area contributed by atoms with E-state index in [1.807, 2.05) is 12.3 Å². The van der Waals surface area contributed by atoms with Gasteiger partial charge in [0.25, 0.3) is 0 Å². The predicted molar refractivity (Wildman–Crippen MR) is 84.3 cm³/mol. The number of benzene rings is 1. The second kappa shape index (κ2) is 8.00. The van der Waals surface area contributed by atoms with Crippen LogP contribution in [0.5, 0.6) is 0 Å². The second-order valence-electron chi connectivity index (χ2n) is 5.07. The fourth-order valence-corrected chi connectivity index (χ4v) is 2.84. The summed E-state index contributed by atoms with van der Waals surface area (Å²) in [5.41, 5.74) is 1.70. The Labute approximate surface area is 133 Å². The summed E-state index contributed by atoms with van der Waals surface area (Å²) in [6.45, 7) is 1.85. The number of carbonyl (C=O) groups excluding carboxylic acids is 1. The van der Waals surface area contributed by atoms with E-state index < -0.39 is 0 Å². The van der Waals surface area contributed by atoms with Gasteiger partial charge in [0.1, 0.15) is 5.82 Å². The second-order valence-corrected chi connectivity index (χ2v) is 6.01. The lowest BCUT2D eigenvalue weighted by Gasteiger charge is -2.13. The molecule has 1 unspecified atom stereocenters. The molecule has 0 radical (unpaired) electrons. The van der Waals surface area contributed by atoms with Gasteiger partial charge < -0.3 is 10.4 Å². The van der Waals surface area contributed by atoms with Crippen molar-refractivity contribution in [2.45, 2.75) is 32.2 Å². The Morgan fingerprint density at radius 2 is 2.14 bits per heavy atom. The Kier molecular flexibility index (Phi) is 6.03. The van der Waals surface area contributed by atoms with Crippen molar-refractivity contribution in [1.82, 2.24) is 10.3 Å². The van der Waals surface area contributed by atoms with Crippen molar-refractivity contribution >= 4 is 17.2 Å². The van der Waals surface area contributed by atoms with Gasteiger partial charge in [-0.15, -0.1) is 11.3 Å². The van der Waals surface area contributed by atoms with Crippen LogP contribution in [0.4, 0.5) is 4.39 Å². The lowest BCUT2D eigenvalue weighted by Crippen LogP contribution is -2.37. The van der Waals surface area contributed by atoms with E-state index in [0.29, 0.717) is 18.5 Å². The molecule has 0 saturated carbocycles. The van der Waals surface area contributed by atoms with E-state index in [1.54, 1.807) is 12.1 Å². The number of carbonyl (C=O) groups is 1. The number of aliphatic hydroxyl groups excluding tert-OH is 1. The van der Waals surface area contributed by atoms with Crippen LogP contribution in [0.1, 0.15) is 29.6 Å². The topological polar surface area (TPSA) is 62.2 Å². The number of hydrogen-bond acceptors (Lipinski definition) is 4. The summed E-state index contributed by atoms with van der Waals surface area (Å²) >= 11 is 1.49. The standard InChI is InChI=1S/C16H19FN2O2S/c1-2-13(9-20)18-15(21)8-14-10-22-16(19-14)7-11-3-5-12(17)6-4-11/h3-6,10,13,20H,2,7-9H2,1H3,(H,18,21). The third-order valence-electron chi connectivity index (χ3n) is 3.29. The zero-order chi connectivity index (χ0) is 15.9. The average Bonchev–Trinajstić information content (AvgIpc) is 2.94. The maximum atomic E-state index is 12.9. The summed E-state index contributed by atoms with van der Waals surface area (Å²) in [5, 5.41) is 14.6. The van der Waals surface area contributed by atoms with E-state index in [4.69, 9.17) is 5.11 Å². The molecule has 1 aromatic heterocycles. The summed E-state index contributed by atoms with van der Waals surface area (Å²) < 4.78 is 12.9. The predicted octanol–water partition coefficient (Wildman–Crippen LogP) is 2.30. The molecule has 1 heterocycles. The molecule has 22 heavy (non-hydrogen) atoms. The van der Waals surface area contributed by atoms with Gasteiger partial charge in [-0.2, -0.15) is 0 Å². The zero-order valence-electron chi connectivity index (χ0n) is 12.4. The van der Waals surface area contributed by atoms with Crippen LogP contribution < -0.4 is 5.32 Å². The van der Waals surface area contributed by atoms with Crippen LogP contribution in [0.25, 0.3) is 0 Å². The van der Waals surface area contributed by atoms with E-state index in [1.165, 1.54) is 23.5 Å². The van der Waals surface area contributed by atoms with Crippen LogP contribution in [0, 0.1) is 5.82 Å². The van der Waals surface area contributed by atoms with Gasteiger partial charge >= 0.3 is 0 Å². The minimum atomic E-state index is -0.255. The molecule has 2 rings (SSSR count). The van der Waals surface area contributed by atoms with Crippen molar-refractivity contribution < 1.29 is 14.3 Å². The molecule has 0 aliphatic carbocycles. The molecule has 118 valence electrons. The van der Waals surface area contributed by atoms with Crippen molar-refractivity contribution in [3.8, 4) is 0 Å². The van der Waals surface area contributed by atoms with Gasteiger partial charge in [-0.05, 0) is 24.1 Å². The van der Waals surface area contributed by atoms with Crippen molar-refractivity contribution in [3.63, 3.8) is 0 Å². The van der Waals surface area contributed by atoms with Gasteiger partial charge in [-0.1, -0.05) is 19.1 Å². The Hall–Kier alpha value is -1.79. The number of thiazole rings is 1. The van der Waals surface area contributed by atoms with Crippen LogP contribution in [0.3, 0.4) is 0 Å². The Bertz CT molecular complexity index is 609. The smallest absolute Gasteiger partial charge is 0.226 e. The largest absolute Gasteiger partial charge is 0.394 e. The molecule has 0 saturated heterocycles. The molecule has 6 heteroatoms. The van der Waals surface area contributed by atoms with Crippen LogP contribution >= 0.6 is 11.3 Å². The molecule has 2 aromatic rings. The van der Waals surface area contributed by atoms with Gasteiger partial charge in [0.15, 0.2) is 0 Å². The summed E-state index contributed by atoms with van der Waals surface area (Å²) in [4.78, 5) is 16.3. The van der Waals surface area contributed by atoms with E-state index in [0.717, 1.165) is 10.6 Å². The molecule has 2 N–H and O–H groups in total. The molecule has 1 amide bonds. The van der Waals surface area contributed by atoms with Gasteiger partial charge in [-0.3, -0.25) is 4.79 Å². The lowest BCUT2D eigenvalue weighted by molar-refractivity contribution is -0.121. The molecule has 4 nitrogen and oxygen atoms in total. The van der Waals surface area contributed by atoms with Gasteiger partial charge in [-0.25, -0.2) is 9.37 Å². The lowest BCUT2D eigenvalue weighted by atomic mass is 10.1. The van der Waals surface area contributed by atoms with E-state index in [2.05, 4.69) is 10.3 Å². The zero-order valence-corrected chi connectivity index (χ0v) is 13.2. The number of hydrogen-bond donors (Lipinski definition) is 2. The minimum Gasteiger partial charge on any atom is -0.394 e. The van der Waals surface area contributed by atoms with E-state index >= 15 is 0 Å². The number of halogens is 1. The first kappa shape index (κ1) is 16.6. The van der Waals surface area contributed by atoms with Gasteiger partial charge in [0.2, 0.25) is 5.91 Å². The quantitative estimate of drug-likeness (QED) is 0.822. The number of aliphatic hydroxyl groups is 1. The van der Waals surface area contributed by atoms with Crippen LogP contribution in [-0.4, -0.2) is 28.6 Å². The number of nitrogens with zero attached hydrogens (tertiary/aromatic N) is 1. The van der Waals surface area contributed by atoms with Crippen molar-refractivity contribution in [1.29, 1.82) is 0 Å². The number of nitrogens with one attached hydrogen (secondary N) is 1. The maximum absolute atomic E-state index is 12.9. The molecule has 0 bridgehead atoms. The molecule has 0 fully saturated rings. The van der Waals surface area contributed by atoms with E-state index in [9.17, 15) is 9.18 Å². The summed E-state index contributed by atoms with van der Waals surface area (Å²) in [7, 11) is 0. The third kappa shape index (κ3) is 4.89. The molecule has 0 aliphatic rings. The highest BCUT2D eigenvalue weighted by molar-refractivity contribution is 7.09. The van der Waals surface area contributed by atoms with Crippen molar-refractivity contribution in [2.24, 2.45) is 0 Å². The fourth-order valence-electron chi connectivity index (χ4n) is 2.01. The van der Waals surface area contributed by atoms with Crippen molar-refractivity contribution in [3.05, 3.63) is 51.7 Å². The number of rotatable bonds is 7. The van der Waals surface area contributed by atoms with Crippen LogP contribution in [0.15, 0.2) is 29.6 Å². The SMILES string of the molecule is CCC(CO)NC(=O)Cc1csc(Cc2ccc(F)cc2)n1. The number of amides is 1. The highest BCUT2D eigenvalue weighted by Crippen LogP contribution is 2.15. The van der Waals surface area contributed by atoms with Gasteiger partial charge in [0, 0.05) is 11.8 Å². The minimum absolute atomic E-state index is 0.0604. The monoisotopic (exact) mass is 322 g/mol. The molecular weight excluding hydrogens is 303 g/mol. The van der Waals surface area contributed by atoms with Crippen LogP contribution in [-0.2, 0) is 17.6 Å². The Balaban J connectivity index is 1.91. The van der Waals surface area contributed by atoms with E-state index in [-0.39, 0.29) is 30.8 Å². The molecule has 0 aliphatic heterocycles. The summed E-state index contributed by atoms with van der Waals surface area (Å²) in [6.07, 6.45) is 1.52. The first-order chi connectivity index (χ1) is 10.6. The molecule has 1 aromatic carbocycles. The summed E-state index contributed by atoms with van der Waals surface area (Å²) in [5.74, 6) is -0.394. The third-order valence-corrected chi connectivity index (χ3v) is 4.19. The normalized spacial score (nSPS) is 12.1. The van der Waals surface area contributed by atoms with Gasteiger partial charge in [0.05, 0.1) is 29.8 Å². The summed E-state index contributed by atoms with van der Waals surface area (Å²) in [6, 6.07) is 6.12. The average molecular weight is 322 g/mol. The first-order valence-corrected chi connectivity index (χ1v) is 8.06. The maximum Gasteiger partial charge on any atom is 0.226 e. The number of aromatic nitrogens is 1. The Morgan fingerprint density at radius 3 is 2.77 bits per heavy atom. The first-order valence-electron chi connectivity index (χ1n) is 7.18.